The summed E-state index contributed by atoms with van der Waals surface area (Å²) < 4.78 is 0. The molecule has 0 aliphatic carbocycles. The molecule has 0 heterocycles. The van der Waals surface area contributed by atoms with Gasteiger partial charge in [-0.05, 0) is 41.0 Å². The molecule has 0 atom stereocenters. The highest BCUT2D eigenvalue weighted by atomic mass is 16.2. The van der Waals surface area contributed by atoms with Crippen LogP contribution in [0.4, 0.5) is 5.69 Å². The number of hydrogen-bond acceptors (Lipinski definition) is 2. The minimum Gasteiger partial charge on any atom is -0.352 e. The zero-order chi connectivity index (χ0) is 21.6. The molecule has 0 unspecified atom stereocenters. The van der Waals surface area contributed by atoms with Gasteiger partial charge in [0.1, 0.15) is 0 Å². The number of para-hydroxylation sites is 1. The fraction of sp³-hybridized carbons (Fsp3) is 0.440. The van der Waals surface area contributed by atoms with Gasteiger partial charge in [-0.25, -0.2) is 0 Å². The van der Waals surface area contributed by atoms with Gasteiger partial charge in [-0.15, -0.1) is 0 Å². The van der Waals surface area contributed by atoms with Crippen LogP contribution in [-0.4, -0.2) is 18.4 Å². The highest BCUT2D eigenvalue weighted by Crippen LogP contribution is 2.35. The number of rotatable bonds is 8. The number of nitrogens with one attached hydrogen (secondary N) is 1. The van der Waals surface area contributed by atoms with Crippen LogP contribution in [-0.2, 0) is 16.1 Å². The van der Waals surface area contributed by atoms with E-state index in [0.29, 0.717) is 24.9 Å². The summed E-state index contributed by atoms with van der Waals surface area (Å²) in [6, 6.07) is 14.2. The molecule has 0 aromatic heterocycles. The fourth-order valence-electron chi connectivity index (χ4n) is 3.55. The molecule has 0 aliphatic rings. The Morgan fingerprint density at radius 3 is 2.03 bits per heavy atom. The molecule has 0 fully saturated rings. The monoisotopic (exact) mass is 394 g/mol. The van der Waals surface area contributed by atoms with Gasteiger partial charge in [0.2, 0.25) is 11.8 Å². The van der Waals surface area contributed by atoms with Crippen molar-refractivity contribution in [3.8, 4) is 0 Å². The van der Waals surface area contributed by atoms with Crippen LogP contribution in [0.3, 0.4) is 0 Å². The predicted molar refractivity (Wildman–Crippen MR) is 120 cm³/mol. The second kappa shape index (κ2) is 10.2. The first kappa shape index (κ1) is 22.7. The van der Waals surface area contributed by atoms with Crippen LogP contribution in [0.2, 0.25) is 0 Å². The van der Waals surface area contributed by atoms with E-state index in [1.807, 2.05) is 31.2 Å². The van der Waals surface area contributed by atoms with E-state index in [9.17, 15) is 9.59 Å². The standard InChI is InChI=1S/C25H34N2O2/c1-17(2)22-12-9-13-23(18(3)4)25(22)27(20(6)28)15-14-24(29)26-16-21-11-8-7-10-19(21)5/h7-13,17-18H,14-16H2,1-6H3,(H,26,29). The van der Waals surface area contributed by atoms with E-state index in [2.05, 4.69) is 51.2 Å². The van der Waals surface area contributed by atoms with Crippen molar-refractivity contribution in [2.75, 3.05) is 11.4 Å². The van der Waals surface area contributed by atoms with Crippen LogP contribution in [0.15, 0.2) is 42.5 Å². The molecule has 0 bridgehead atoms. The van der Waals surface area contributed by atoms with Crippen LogP contribution in [0.25, 0.3) is 0 Å². The largest absolute Gasteiger partial charge is 0.352 e. The number of carbonyl (C=O) groups is 2. The molecular weight excluding hydrogens is 360 g/mol. The van der Waals surface area contributed by atoms with Gasteiger partial charge in [-0.2, -0.15) is 0 Å². The number of benzene rings is 2. The lowest BCUT2D eigenvalue weighted by molar-refractivity contribution is -0.121. The van der Waals surface area contributed by atoms with Crippen molar-refractivity contribution < 1.29 is 9.59 Å². The molecule has 0 spiro atoms. The van der Waals surface area contributed by atoms with Crippen molar-refractivity contribution in [3.63, 3.8) is 0 Å². The van der Waals surface area contributed by atoms with Crippen molar-refractivity contribution in [2.24, 2.45) is 0 Å². The van der Waals surface area contributed by atoms with Crippen LogP contribution in [0.5, 0.6) is 0 Å². The summed E-state index contributed by atoms with van der Waals surface area (Å²) in [4.78, 5) is 26.8. The first-order valence-electron chi connectivity index (χ1n) is 10.4. The molecule has 2 aromatic rings. The number of hydrogen-bond donors (Lipinski definition) is 1. The molecule has 2 amide bonds. The summed E-state index contributed by atoms with van der Waals surface area (Å²) in [5.41, 5.74) is 5.53. The zero-order valence-corrected chi connectivity index (χ0v) is 18.6. The molecule has 0 saturated heterocycles. The molecule has 0 aliphatic heterocycles. The Morgan fingerprint density at radius 2 is 1.52 bits per heavy atom. The average molecular weight is 395 g/mol. The molecule has 0 saturated carbocycles. The Hall–Kier alpha value is -2.62. The minimum atomic E-state index is -0.0485. The van der Waals surface area contributed by atoms with Gasteiger partial charge in [-0.1, -0.05) is 70.2 Å². The van der Waals surface area contributed by atoms with E-state index in [1.54, 1.807) is 11.8 Å². The van der Waals surface area contributed by atoms with E-state index in [-0.39, 0.29) is 18.2 Å². The summed E-state index contributed by atoms with van der Waals surface area (Å²) in [6.07, 6.45) is 0.273. The third-order valence-corrected chi connectivity index (χ3v) is 5.29. The maximum Gasteiger partial charge on any atom is 0.223 e. The summed E-state index contributed by atoms with van der Waals surface area (Å²) in [6.45, 7) is 13.0. The van der Waals surface area contributed by atoms with Gasteiger partial charge in [0.05, 0.1) is 5.69 Å². The Morgan fingerprint density at radius 1 is 0.931 bits per heavy atom. The van der Waals surface area contributed by atoms with Crippen molar-refractivity contribution in [2.45, 2.75) is 66.3 Å². The molecule has 0 radical (unpaired) electrons. The summed E-state index contributed by atoms with van der Waals surface area (Å²) in [7, 11) is 0. The van der Waals surface area contributed by atoms with Gasteiger partial charge in [-0.3, -0.25) is 9.59 Å². The first-order valence-corrected chi connectivity index (χ1v) is 10.4. The maximum absolute atomic E-state index is 12.5. The van der Waals surface area contributed by atoms with Gasteiger partial charge in [0.25, 0.3) is 0 Å². The molecule has 2 aromatic carbocycles. The van der Waals surface area contributed by atoms with E-state index in [1.165, 1.54) is 0 Å². The number of amides is 2. The van der Waals surface area contributed by atoms with Gasteiger partial charge in [0, 0.05) is 26.4 Å². The van der Waals surface area contributed by atoms with Crippen molar-refractivity contribution in [1.29, 1.82) is 0 Å². The number of anilines is 1. The second-order valence-electron chi connectivity index (χ2n) is 8.22. The minimum absolute atomic E-state index is 0.0355. The average Bonchev–Trinajstić information content (AvgIpc) is 2.67. The lowest BCUT2D eigenvalue weighted by Gasteiger charge is -2.29. The third-order valence-electron chi connectivity index (χ3n) is 5.29. The fourth-order valence-corrected chi connectivity index (χ4v) is 3.55. The Balaban J connectivity index is 2.16. The third kappa shape index (κ3) is 5.93. The molecule has 1 N–H and O–H groups in total. The van der Waals surface area contributed by atoms with E-state index in [4.69, 9.17) is 0 Å². The lowest BCUT2D eigenvalue weighted by atomic mass is 9.91. The highest BCUT2D eigenvalue weighted by molar-refractivity contribution is 5.94. The van der Waals surface area contributed by atoms with Crippen LogP contribution >= 0.6 is 0 Å². The van der Waals surface area contributed by atoms with E-state index >= 15 is 0 Å². The topological polar surface area (TPSA) is 49.4 Å². The smallest absolute Gasteiger partial charge is 0.223 e. The normalized spacial score (nSPS) is 11.0. The van der Waals surface area contributed by atoms with Gasteiger partial charge in [0.15, 0.2) is 0 Å². The van der Waals surface area contributed by atoms with Crippen molar-refractivity contribution >= 4 is 17.5 Å². The summed E-state index contributed by atoms with van der Waals surface area (Å²) in [5, 5.41) is 2.98. The first-order chi connectivity index (χ1) is 13.7. The van der Waals surface area contributed by atoms with Gasteiger partial charge >= 0.3 is 0 Å². The summed E-state index contributed by atoms with van der Waals surface area (Å²) in [5.74, 6) is 0.500. The Bertz CT molecular complexity index is 829. The second-order valence-corrected chi connectivity index (χ2v) is 8.22. The van der Waals surface area contributed by atoms with Crippen molar-refractivity contribution in [1.82, 2.24) is 5.32 Å². The van der Waals surface area contributed by atoms with E-state index in [0.717, 1.165) is 27.9 Å². The molecule has 156 valence electrons. The lowest BCUT2D eigenvalue weighted by Crippen LogP contribution is -2.35. The SMILES string of the molecule is CC(=O)N(CCC(=O)NCc1ccccc1C)c1c(C(C)C)cccc1C(C)C. The van der Waals surface area contributed by atoms with Crippen LogP contribution < -0.4 is 10.2 Å². The number of aryl methyl sites for hydroxylation is 1. The zero-order valence-electron chi connectivity index (χ0n) is 18.6. The Kier molecular flexibility index (Phi) is 8.00. The number of nitrogens with zero attached hydrogens (tertiary/aromatic N) is 1. The quantitative estimate of drug-likeness (QED) is 0.660. The summed E-state index contributed by atoms with van der Waals surface area (Å²) >= 11 is 0. The van der Waals surface area contributed by atoms with Gasteiger partial charge < -0.3 is 10.2 Å². The predicted octanol–water partition coefficient (Wildman–Crippen LogP) is 5.30. The highest BCUT2D eigenvalue weighted by Gasteiger charge is 2.22. The maximum atomic E-state index is 12.5. The van der Waals surface area contributed by atoms with Crippen molar-refractivity contribution in [3.05, 3.63) is 64.7 Å². The van der Waals surface area contributed by atoms with Crippen LogP contribution in [0, 0.1) is 6.92 Å². The Labute approximate surface area is 175 Å². The molecule has 4 heteroatoms. The van der Waals surface area contributed by atoms with Crippen LogP contribution in [0.1, 0.15) is 75.1 Å². The molecule has 2 rings (SSSR count). The molecule has 4 nitrogen and oxygen atoms in total. The number of carbonyl (C=O) groups excluding carboxylic acids is 2. The molecular formula is C25H34N2O2. The molecule has 29 heavy (non-hydrogen) atoms. The van der Waals surface area contributed by atoms with E-state index < -0.39 is 0 Å².